The summed E-state index contributed by atoms with van der Waals surface area (Å²) in [6, 6.07) is 0. The van der Waals surface area contributed by atoms with Crippen molar-refractivity contribution in [1.82, 2.24) is 0 Å². The molecule has 0 aromatic carbocycles. The van der Waals surface area contributed by atoms with Crippen molar-refractivity contribution in [3.05, 3.63) is 0 Å². The smallest absolute Gasteiger partial charge is 0.308 e. The Balaban J connectivity index is 3.69. The van der Waals surface area contributed by atoms with Crippen molar-refractivity contribution in [2.24, 2.45) is 0 Å². The van der Waals surface area contributed by atoms with E-state index in [9.17, 15) is 4.79 Å². The topological polar surface area (TPSA) is 66.8 Å². The average molecular weight is 176 g/mol. The van der Waals surface area contributed by atoms with E-state index in [1.807, 2.05) is 0 Å². The summed E-state index contributed by atoms with van der Waals surface area (Å²) < 4.78 is 4.76. The molecule has 0 heterocycles. The van der Waals surface area contributed by atoms with E-state index in [4.69, 9.17) is 14.9 Å². The molecule has 2 N–H and O–H groups in total. The fraction of sp³-hybridized carbons (Fsp3) is 0.875. The molecule has 0 aromatic rings. The van der Waals surface area contributed by atoms with E-state index in [1.165, 1.54) is 6.92 Å². The minimum absolute atomic E-state index is 0.157. The third-order valence-electron chi connectivity index (χ3n) is 1.30. The van der Waals surface area contributed by atoms with Crippen molar-refractivity contribution >= 4 is 5.97 Å². The monoisotopic (exact) mass is 176 g/mol. The first-order chi connectivity index (χ1) is 5.43. The molecule has 0 saturated heterocycles. The number of ether oxygens (including phenoxy) is 1. The second-order valence-electron chi connectivity index (χ2n) is 3.05. The standard InChI is InChI=1S/C8H16O4/c1-5(2)12-8(11)4-7(10)6(3)9/h5-7,9-10H,4H2,1-3H3. The number of rotatable bonds is 4. The van der Waals surface area contributed by atoms with Crippen molar-refractivity contribution in [1.29, 1.82) is 0 Å². The highest BCUT2D eigenvalue weighted by Crippen LogP contribution is 2.01. The van der Waals surface area contributed by atoms with Gasteiger partial charge in [0.2, 0.25) is 0 Å². The SMILES string of the molecule is CC(C)OC(=O)CC(O)C(C)O. The quantitative estimate of drug-likeness (QED) is 0.595. The van der Waals surface area contributed by atoms with Crippen LogP contribution in [0.4, 0.5) is 0 Å². The molecule has 0 aliphatic heterocycles. The summed E-state index contributed by atoms with van der Waals surface area (Å²) in [5.41, 5.74) is 0. The Morgan fingerprint density at radius 3 is 2.17 bits per heavy atom. The fourth-order valence-electron chi connectivity index (χ4n) is 0.652. The second-order valence-corrected chi connectivity index (χ2v) is 3.05. The van der Waals surface area contributed by atoms with Crippen LogP contribution in [0.3, 0.4) is 0 Å². The molecule has 0 rings (SSSR count). The van der Waals surface area contributed by atoms with Gasteiger partial charge in [-0.1, -0.05) is 0 Å². The molecule has 0 bridgehead atoms. The van der Waals surface area contributed by atoms with Crippen LogP contribution in [0, 0.1) is 0 Å². The van der Waals surface area contributed by atoms with Crippen LogP contribution in [0.2, 0.25) is 0 Å². The van der Waals surface area contributed by atoms with Gasteiger partial charge >= 0.3 is 5.97 Å². The van der Waals surface area contributed by atoms with Crippen LogP contribution in [0.5, 0.6) is 0 Å². The Hall–Kier alpha value is -0.610. The highest BCUT2D eigenvalue weighted by Gasteiger charge is 2.17. The molecule has 0 aromatic heterocycles. The Morgan fingerprint density at radius 2 is 1.83 bits per heavy atom. The van der Waals surface area contributed by atoms with Crippen molar-refractivity contribution in [3.8, 4) is 0 Å². The van der Waals surface area contributed by atoms with Crippen molar-refractivity contribution in [2.45, 2.75) is 45.5 Å². The van der Waals surface area contributed by atoms with E-state index in [0.717, 1.165) is 0 Å². The van der Waals surface area contributed by atoms with Gasteiger partial charge in [-0.05, 0) is 20.8 Å². The first kappa shape index (κ1) is 11.4. The predicted octanol–water partition coefficient (Wildman–Crippen LogP) is 0.0698. The van der Waals surface area contributed by atoms with Gasteiger partial charge in [-0.15, -0.1) is 0 Å². The first-order valence-electron chi connectivity index (χ1n) is 3.99. The van der Waals surface area contributed by atoms with Gasteiger partial charge in [-0.3, -0.25) is 4.79 Å². The van der Waals surface area contributed by atoms with Gasteiger partial charge in [-0.2, -0.15) is 0 Å². The molecule has 12 heavy (non-hydrogen) atoms. The number of carbonyl (C=O) groups is 1. The van der Waals surface area contributed by atoms with Crippen LogP contribution in [0.1, 0.15) is 27.2 Å². The molecule has 2 unspecified atom stereocenters. The van der Waals surface area contributed by atoms with Crippen molar-refractivity contribution in [3.63, 3.8) is 0 Å². The molecule has 72 valence electrons. The average Bonchev–Trinajstić information content (AvgIpc) is 1.84. The first-order valence-corrected chi connectivity index (χ1v) is 3.99. The molecular weight excluding hydrogens is 160 g/mol. The summed E-state index contributed by atoms with van der Waals surface area (Å²) in [7, 11) is 0. The lowest BCUT2D eigenvalue weighted by atomic mass is 10.2. The van der Waals surface area contributed by atoms with Crippen LogP contribution in [-0.2, 0) is 9.53 Å². The molecule has 0 saturated carbocycles. The Bertz CT molecular complexity index is 142. The fourth-order valence-corrected chi connectivity index (χ4v) is 0.652. The summed E-state index contributed by atoms with van der Waals surface area (Å²) >= 11 is 0. The van der Waals surface area contributed by atoms with Crippen molar-refractivity contribution < 1.29 is 19.7 Å². The highest BCUT2D eigenvalue weighted by molar-refractivity contribution is 5.70. The molecule has 0 aliphatic rings. The van der Waals surface area contributed by atoms with E-state index in [2.05, 4.69) is 0 Å². The number of carbonyl (C=O) groups excluding carboxylic acids is 1. The third kappa shape index (κ3) is 5.09. The predicted molar refractivity (Wildman–Crippen MR) is 43.5 cm³/mol. The molecule has 0 spiro atoms. The van der Waals surface area contributed by atoms with E-state index in [1.54, 1.807) is 13.8 Å². The maximum absolute atomic E-state index is 10.9. The maximum atomic E-state index is 10.9. The molecular formula is C8H16O4. The van der Waals surface area contributed by atoms with Crippen LogP contribution >= 0.6 is 0 Å². The van der Waals surface area contributed by atoms with Crippen LogP contribution in [0.15, 0.2) is 0 Å². The van der Waals surface area contributed by atoms with Gasteiger partial charge < -0.3 is 14.9 Å². The number of hydrogen-bond donors (Lipinski definition) is 2. The zero-order chi connectivity index (χ0) is 9.72. The van der Waals surface area contributed by atoms with Crippen LogP contribution in [-0.4, -0.2) is 34.5 Å². The Kier molecular flexibility index (Phi) is 4.85. The zero-order valence-electron chi connectivity index (χ0n) is 7.65. The van der Waals surface area contributed by atoms with Gasteiger partial charge in [-0.25, -0.2) is 0 Å². The summed E-state index contributed by atoms with van der Waals surface area (Å²) in [5, 5.41) is 17.9. The minimum atomic E-state index is -1.03. The number of hydrogen-bond acceptors (Lipinski definition) is 4. The summed E-state index contributed by atoms with van der Waals surface area (Å²) in [6.07, 6.45) is -2.27. The number of aliphatic hydroxyl groups excluding tert-OH is 2. The Labute approximate surface area is 72.2 Å². The van der Waals surface area contributed by atoms with Crippen molar-refractivity contribution in [2.75, 3.05) is 0 Å². The lowest BCUT2D eigenvalue weighted by Crippen LogP contribution is -2.27. The minimum Gasteiger partial charge on any atom is -0.463 e. The summed E-state index contributed by atoms with van der Waals surface area (Å²) in [5.74, 6) is -0.488. The third-order valence-corrected chi connectivity index (χ3v) is 1.30. The van der Waals surface area contributed by atoms with E-state index < -0.39 is 18.2 Å². The summed E-state index contributed by atoms with van der Waals surface area (Å²) in [4.78, 5) is 10.9. The van der Waals surface area contributed by atoms with Gasteiger partial charge in [0.1, 0.15) is 0 Å². The van der Waals surface area contributed by atoms with E-state index in [-0.39, 0.29) is 12.5 Å². The zero-order valence-corrected chi connectivity index (χ0v) is 7.65. The van der Waals surface area contributed by atoms with Crippen LogP contribution in [0.25, 0.3) is 0 Å². The lowest BCUT2D eigenvalue weighted by Gasteiger charge is -2.13. The van der Waals surface area contributed by atoms with Gasteiger partial charge in [0.05, 0.1) is 24.7 Å². The molecule has 0 aliphatic carbocycles. The second kappa shape index (κ2) is 5.11. The molecule has 0 radical (unpaired) electrons. The van der Waals surface area contributed by atoms with Gasteiger partial charge in [0, 0.05) is 0 Å². The molecule has 0 fully saturated rings. The lowest BCUT2D eigenvalue weighted by molar-refractivity contribution is -0.151. The normalized spacial score (nSPS) is 15.8. The Morgan fingerprint density at radius 1 is 1.33 bits per heavy atom. The summed E-state index contributed by atoms with van der Waals surface area (Å²) in [6.45, 7) is 4.88. The molecule has 4 heteroatoms. The maximum Gasteiger partial charge on any atom is 0.308 e. The number of aliphatic hydroxyl groups is 2. The van der Waals surface area contributed by atoms with Gasteiger partial charge in [0.15, 0.2) is 0 Å². The largest absolute Gasteiger partial charge is 0.463 e. The molecule has 4 nitrogen and oxygen atoms in total. The van der Waals surface area contributed by atoms with E-state index in [0.29, 0.717) is 0 Å². The molecule has 2 atom stereocenters. The van der Waals surface area contributed by atoms with Gasteiger partial charge in [0.25, 0.3) is 0 Å². The number of esters is 1. The van der Waals surface area contributed by atoms with Crippen LogP contribution < -0.4 is 0 Å². The molecule has 0 amide bonds. The van der Waals surface area contributed by atoms with E-state index >= 15 is 0 Å². The highest BCUT2D eigenvalue weighted by atomic mass is 16.5.